The molecule has 0 aliphatic heterocycles. The Bertz CT molecular complexity index is 221. The SMILES string of the molecule is CCCC(=O)OC(=O)CCCC(=O)O. The van der Waals surface area contributed by atoms with Gasteiger partial charge in [-0.25, -0.2) is 0 Å². The van der Waals surface area contributed by atoms with Crippen LogP contribution in [-0.4, -0.2) is 23.0 Å². The summed E-state index contributed by atoms with van der Waals surface area (Å²) in [4.78, 5) is 31.8. The molecule has 0 aromatic heterocycles. The van der Waals surface area contributed by atoms with Gasteiger partial charge in [0.2, 0.25) is 0 Å². The largest absolute Gasteiger partial charge is 0.481 e. The van der Waals surface area contributed by atoms with E-state index >= 15 is 0 Å². The third kappa shape index (κ3) is 7.27. The van der Waals surface area contributed by atoms with Gasteiger partial charge in [-0.3, -0.25) is 14.4 Å². The number of carboxylic acid groups (broad SMARTS) is 1. The van der Waals surface area contributed by atoms with Crippen LogP contribution < -0.4 is 0 Å². The van der Waals surface area contributed by atoms with Crippen LogP contribution in [0.5, 0.6) is 0 Å². The van der Waals surface area contributed by atoms with E-state index < -0.39 is 17.9 Å². The number of hydrogen-bond donors (Lipinski definition) is 1. The van der Waals surface area contributed by atoms with E-state index in [1.807, 2.05) is 0 Å². The average molecular weight is 202 g/mol. The summed E-state index contributed by atoms with van der Waals surface area (Å²) in [5.41, 5.74) is 0. The lowest BCUT2D eigenvalue weighted by Gasteiger charge is -2.00. The van der Waals surface area contributed by atoms with Gasteiger partial charge >= 0.3 is 17.9 Å². The summed E-state index contributed by atoms with van der Waals surface area (Å²) in [5.74, 6) is -2.16. The van der Waals surface area contributed by atoms with Gasteiger partial charge in [-0.2, -0.15) is 0 Å². The van der Waals surface area contributed by atoms with E-state index in [2.05, 4.69) is 4.74 Å². The van der Waals surface area contributed by atoms with E-state index in [0.717, 1.165) is 0 Å². The van der Waals surface area contributed by atoms with Crippen molar-refractivity contribution in [1.29, 1.82) is 0 Å². The number of rotatable bonds is 6. The molecule has 0 amide bonds. The highest BCUT2D eigenvalue weighted by atomic mass is 16.6. The van der Waals surface area contributed by atoms with E-state index in [-0.39, 0.29) is 25.7 Å². The fraction of sp³-hybridized carbons (Fsp3) is 0.667. The molecular formula is C9H14O5. The zero-order chi connectivity index (χ0) is 11.0. The molecule has 0 aromatic rings. The summed E-state index contributed by atoms with van der Waals surface area (Å²) in [7, 11) is 0. The van der Waals surface area contributed by atoms with Crippen LogP contribution >= 0.6 is 0 Å². The third-order valence-corrected chi connectivity index (χ3v) is 1.45. The lowest BCUT2D eigenvalue weighted by Crippen LogP contribution is -2.12. The average Bonchev–Trinajstić information content (AvgIpc) is 2.03. The molecule has 0 saturated heterocycles. The van der Waals surface area contributed by atoms with E-state index in [1.54, 1.807) is 6.92 Å². The minimum absolute atomic E-state index is 0.0260. The maximum absolute atomic E-state index is 10.9. The Morgan fingerprint density at radius 2 is 1.64 bits per heavy atom. The Hall–Kier alpha value is -1.39. The zero-order valence-electron chi connectivity index (χ0n) is 8.12. The first-order valence-electron chi connectivity index (χ1n) is 4.51. The van der Waals surface area contributed by atoms with Crippen LogP contribution in [0, 0.1) is 0 Å². The summed E-state index contributed by atoms with van der Waals surface area (Å²) < 4.78 is 4.40. The smallest absolute Gasteiger partial charge is 0.313 e. The van der Waals surface area contributed by atoms with Gasteiger partial charge in [0, 0.05) is 19.3 Å². The van der Waals surface area contributed by atoms with Crippen molar-refractivity contribution >= 4 is 17.9 Å². The van der Waals surface area contributed by atoms with E-state index in [0.29, 0.717) is 6.42 Å². The molecule has 5 heteroatoms. The number of carbonyl (C=O) groups is 3. The van der Waals surface area contributed by atoms with Crippen LogP contribution in [0.2, 0.25) is 0 Å². The van der Waals surface area contributed by atoms with Gasteiger partial charge in [0.1, 0.15) is 0 Å². The van der Waals surface area contributed by atoms with Crippen molar-refractivity contribution in [2.24, 2.45) is 0 Å². The molecule has 14 heavy (non-hydrogen) atoms. The van der Waals surface area contributed by atoms with Crippen molar-refractivity contribution in [2.75, 3.05) is 0 Å². The second-order valence-electron chi connectivity index (χ2n) is 2.84. The van der Waals surface area contributed by atoms with Crippen molar-refractivity contribution in [3.05, 3.63) is 0 Å². The molecule has 80 valence electrons. The molecule has 0 fully saturated rings. The zero-order valence-corrected chi connectivity index (χ0v) is 8.12. The van der Waals surface area contributed by atoms with E-state index in [4.69, 9.17) is 5.11 Å². The molecule has 1 N–H and O–H groups in total. The lowest BCUT2D eigenvalue weighted by molar-refractivity contribution is -0.159. The Morgan fingerprint density at radius 3 is 2.14 bits per heavy atom. The van der Waals surface area contributed by atoms with E-state index in [1.165, 1.54) is 0 Å². The molecule has 0 unspecified atom stereocenters. The summed E-state index contributed by atoms with van der Waals surface area (Å²) >= 11 is 0. The first-order valence-corrected chi connectivity index (χ1v) is 4.51. The highest BCUT2D eigenvalue weighted by molar-refractivity contribution is 5.85. The number of carboxylic acids is 1. The first kappa shape index (κ1) is 12.6. The van der Waals surface area contributed by atoms with Crippen molar-refractivity contribution in [1.82, 2.24) is 0 Å². The molecule has 5 nitrogen and oxygen atoms in total. The molecule has 0 rings (SSSR count). The molecule has 0 aliphatic carbocycles. The van der Waals surface area contributed by atoms with Crippen molar-refractivity contribution in [2.45, 2.75) is 39.0 Å². The fourth-order valence-electron chi connectivity index (χ4n) is 0.817. The van der Waals surface area contributed by atoms with Gasteiger partial charge in [0.05, 0.1) is 0 Å². The lowest BCUT2D eigenvalue weighted by atomic mass is 10.2. The van der Waals surface area contributed by atoms with Crippen LogP contribution in [0.1, 0.15) is 39.0 Å². The Labute approximate surface area is 82.1 Å². The number of esters is 2. The number of carbonyl (C=O) groups excluding carboxylic acids is 2. The Balaban J connectivity index is 3.55. The van der Waals surface area contributed by atoms with Crippen molar-refractivity contribution < 1.29 is 24.2 Å². The topological polar surface area (TPSA) is 80.7 Å². The van der Waals surface area contributed by atoms with Crippen molar-refractivity contribution in [3.63, 3.8) is 0 Å². The molecule has 0 aromatic carbocycles. The van der Waals surface area contributed by atoms with Crippen LogP contribution in [-0.2, 0) is 19.1 Å². The molecule has 0 atom stereocenters. The minimum Gasteiger partial charge on any atom is -0.481 e. The number of aliphatic carboxylic acids is 1. The molecule has 0 radical (unpaired) electrons. The second-order valence-corrected chi connectivity index (χ2v) is 2.84. The van der Waals surface area contributed by atoms with Crippen LogP contribution in [0.3, 0.4) is 0 Å². The monoisotopic (exact) mass is 202 g/mol. The maximum Gasteiger partial charge on any atom is 0.313 e. The third-order valence-electron chi connectivity index (χ3n) is 1.45. The van der Waals surface area contributed by atoms with Gasteiger partial charge in [-0.15, -0.1) is 0 Å². The number of hydrogen-bond acceptors (Lipinski definition) is 4. The fourth-order valence-corrected chi connectivity index (χ4v) is 0.817. The molecule has 0 spiro atoms. The van der Waals surface area contributed by atoms with Gasteiger partial charge in [-0.1, -0.05) is 6.92 Å². The Morgan fingerprint density at radius 1 is 1.07 bits per heavy atom. The van der Waals surface area contributed by atoms with Crippen LogP contribution in [0.25, 0.3) is 0 Å². The quantitative estimate of drug-likeness (QED) is 0.515. The van der Waals surface area contributed by atoms with Gasteiger partial charge in [0.15, 0.2) is 0 Å². The summed E-state index contributed by atoms with van der Waals surface area (Å²) in [5, 5.41) is 8.27. The summed E-state index contributed by atoms with van der Waals surface area (Å²) in [6, 6.07) is 0. The highest BCUT2D eigenvalue weighted by Gasteiger charge is 2.09. The van der Waals surface area contributed by atoms with E-state index in [9.17, 15) is 14.4 Å². The maximum atomic E-state index is 10.9. The van der Waals surface area contributed by atoms with Gasteiger partial charge in [-0.05, 0) is 12.8 Å². The van der Waals surface area contributed by atoms with Crippen LogP contribution in [0.15, 0.2) is 0 Å². The van der Waals surface area contributed by atoms with Crippen molar-refractivity contribution in [3.8, 4) is 0 Å². The second kappa shape index (κ2) is 7.06. The predicted octanol–water partition coefficient (Wildman–Crippen LogP) is 1.11. The molecule has 0 bridgehead atoms. The summed E-state index contributed by atoms with van der Waals surface area (Å²) in [6.45, 7) is 1.80. The molecule has 0 saturated carbocycles. The Kier molecular flexibility index (Phi) is 6.36. The highest BCUT2D eigenvalue weighted by Crippen LogP contribution is 2.00. The van der Waals surface area contributed by atoms with Gasteiger partial charge in [0.25, 0.3) is 0 Å². The minimum atomic E-state index is -0.960. The first-order chi connectivity index (χ1) is 6.56. The molecular weight excluding hydrogens is 188 g/mol. The normalized spacial score (nSPS) is 9.50. The summed E-state index contributed by atoms with van der Waals surface area (Å²) in [6.07, 6.45) is 0.929. The van der Waals surface area contributed by atoms with Gasteiger partial charge < -0.3 is 9.84 Å². The predicted molar refractivity (Wildman–Crippen MR) is 47.5 cm³/mol. The molecule has 0 aliphatic rings. The standard InChI is InChI=1S/C9H14O5/c1-2-4-8(12)14-9(13)6-3-5-7(10)11/h2-6H2,1H3,(H,10,11). The van der Waals surface area contributed by atoms with Crippen LogP contribution in [0.4, 0.5) is 0 Å². The number of ether oxygens (including phenoxy) is 1. The molecule has 0 heterocycles.